The Labute approximate surface area is 157 Å². The minimum Gasteiger partial charge on any atom is -0.481 e. The first kappa shape index (κ1) is 19.3. The van der Waals surface area contributed by atoms with Gasteiger partial charge in [-0.25, -0.2) is 0 Å². The van der Waals surface area contributed by atoms with E-state index in [1.807, 2.05) is 25.2 Å². The normalized spacial score (nSPS) is 38.6. The summed E-state index contributed by atoms with van der Waals surface area (Å²) >= 11 is 0. The lowest BCUT2D eigenvalue weighted by atomic mass is 9.67. The molecule has 0 bridgehead atoms. The maximum atomic E-state index is 11.5. The van der Waals surface area contributed by atoms with E-state index in [0.29, 0.717) is 17.8 Å². The second-order valence-electron chi connectivity index (χ2n) is 8.66. The number of allylic oxidation sites excluding steroid dienone is 2. The Balaban J connectivity index is 1.75. The molecule has 6 unspecified atom stereocenters. The largest absolute Gasteiger partial charge is 0.481 e. The summed E-state index contributed by atoms with van der Waals surface area (Å²) in [4.78, 5) is 16.5. The molecule has 26 heavy (non-hydrogen) atoms. The number of rotatable bonds is 4. The van der Waals surface area contributed by atoms with Crippen molar-refractivity contribution in [2.24, 2.45) is 34.6 Å². The number of hydrogen-bond donors (Lipinski definition) is 2. The predicted molar refractivity (Wildman–Crippen MR) is 104 cm³/mol. The fourth-order valence-electron chi connectivity index (χ4n) is 5.15. The molecule has 0 saturated heterocycles. The van der Waals surface area contributed by atoms with Crippen LogP contribution in [0.3, 0.4) is 0 Å². The minimum absolute atomic E-state index is 0.00248. The number of aliphatic carboxylic acids is 1. The Morgan fingerprint density at radius 3 is 2.54 bits per heavy atom. The molecule has 0 aromatic rings. The number of carbonyl (C=O) groups is 1. The highest BCUT2D eigenvalue weighted by Gasteiger charge is 2.38. The summed E-state index contributed by atoms with van der Waals surface area (Å²) in [6.45, 7) is 6.28. The molecular formula is C22H33NO3. The number of dihydropyridines is 1. The number of carboxylic acid groups (broad SMARTS) is 1. The first-order valence-electron chi connectivity index (χ1n) is 10.2. The summed E-state index contributed by atoms with van der Waals surface area (Å²) in [6.07, 6.45) is 12.4. The second-order valence-corrected chi connectivity index (χ2v) is 8.66. The lowest BCUT2D eigenvalue weighted by Crippen LogP contribution is -2.37. The molecule has 1 heterocycles. The van der Waals surface area contributed by atoms with Crippen LogP contribution in [0.25, 0.3) is 0 Å². The summed E-state index contributed by atoms with van der Waals surface area (Å²) in [5.74, 6) is 0.131. The summed E-state index contributed by atoms with van der Waals surface area (Å²) in [6, 6.07) is 0.00248. The van der Waals surface area contributed by atoms with E-state index < -0.39 is 12.1 Å². The molecule has 0 amide bonds. The van der Waals surface area contributed by atoms with Gasteiger partial charge in [-0.3, -0.25) is 9.79 Å². The van der Waals surface area contributed by atoms with Crippen LogP contribution in [-0.4, -0.2) is 34.0 Å². The molecule has 0 spiro atoms. The molecule has 144 valence electrons. The highest BCUT2D eigenvalue weighted by atomic mass is 16.4. The van der Waals surface area contributed by atoms with Crippen LogP contribution in [0, 0.1) is 29.6 Å². The Hall–Kier alpha value is -1.42. The van der Waals surface area contributed by atoms with Gasteiger partial charge in [-0.1, -0.05) is 50.8 Å². The number of nitrogens with zero attached hydrogens (tertiary/aromatic N) is 1. The van der Waals surface area contributed by atoms with E-state index in [9.17, 15) is 15.0 Å². The van der Waals surface area contributed by atoms with E-state index in [1.165, 1.54) is 37.7 Å². The first-order valence-corrected chi connectivity index (χ1v) is 10.2. The first-order chi connectivity index (χ1) is 12.4. The second kappa shape index (κ2) is 8.08. The smallest absolute Gasteiger partial charge is 0.310 e. The predicted octanol–water partition coefficient (Wildman–Crippen LogP) is 4.25. The molecule has 2 aliphatic carbocycles. The zero-order chi connectivity index (χ0) is 18.8. The van der Waals surface area contributed by atoms with Crippen molar-refractivity contribution < 1.29 is 15.0 Å². The Kier molecular flexibility index (Phi) is 6.01. The number of hydrogen-bond acceptors (Lipinski definition) is 3. The molecule has 4 nitrogen and oxygen atoms in total. The van der Waals surface area contributed by atoms with Crippen molar-refractivity contribution in [3.63, 3.8) is 0 Å². The molecule has 0 aromatic heterocycles. The van der Waals surface area contributed by atoms with Crippen molar-refractivity contribution in [1.29, 1.82) is 0 Å². The van der Waals surface area contributed by atoms with Gasteiger partial charge in [0.05, 0.1) is 18.1 Å². The molecule has 1 saturated carbocycles. The van der Waals surface area contributed by atoms with Crippen molar-refractivity contribution >= 4 is 11.7 Å². The number of carboxylic acids is 1. The van der Waals surface area contributed by atoms with E-state index in [-0.39, 0.29) is 17.9 Å². The van der Waals surface area contributed by atoms with Gasteiger partial charge in [-0.05, 0) is 55.9 Å². The van der Waals surface area contributed by atoms with Crippen molar-refractivity contribution in [3.05, 3.63) is 23.8 Å². The zero-order valence-corrected chi connectivity index (χ0v) is 16.3. The van der Waals surface area contributed by atoms with Gasteiger partial charge in [0.15, 0.2) is 0 Å². The summed E-state index contributed by atoms with van der Waals surface area (Å²) in [5, 5.41) is 19.9. The van der Waals surface area contributed by atoms with Gasteiger partial charge in [0.25, 0.3) is 0 Å². The van der Waals surface area contributed by atoms with Crippen LogP contribution >= 0.6 is 0 Å². The topological polar surface area (TPSA) is 69.9 Å². The SMILES string of the molecule is CC1=CC(C(=O)O)C(C)C(C)C1CC1=NC(C2CCCCC2)C(O)C=C1. The molecule has 0 radical (unpaired) electrons. The summed E-state index contributed by atoms with van der Waals surface area (Å²) in [5.41, 5.74) is 2.23. The molecular weight excluding hydrogens is 326 g/mol. The quantitative estimate of drug-likeness (QED) is 0.737. The minimum atomic E-state index is -0.725. The van der Waals surface area contributed by atoms with Gasteiger partial charge in [-0.2, -0.15) is 0 Å². The van der Waals surface area contributed by atoms with E-state index in [2.05, 4.69) is 13.8 Å². The fraction of sp³-hybridized carbons (Fsp3) is 0.727. The monoisotopic (exact) mass is 359 g/mol. The van der Waals surface area contributed by atoms with Crippen LogP contribution in [0.5, 0.6) is 0 Å². The van der Waals surface area contributed by atoms with Crippen LogP contribution in [0.2, 0.25) is 0 Å². The standard InChI is InChI=1S/C22H33NO3/c1-13-11-19(22(25)26)15(3)14(2)18(13)12-17-9-10-20(24)21(23-17)16-7-5-4-6-8-16/h9-11,14-16,18-21,24H,4-8,12H2,1-3H3,(H,25,26). The maximum Gasteiger partial charge on any atom is 0.310 e. The lowest BCUT2D eigenvalue weighted by Gasteiger charge is -2.38. The average Bonchev–Trinajstić information content (AvgIpc) is 2.63. The van der Waals surface area contributed by atoms with Crippen LogP contribution in [-0.2, 0) is 4.79 Å². The van der Waals surface area contributed by atoms with Gasteiger partial charge in [-0.15, -0.1) is 0 Å². The highest BCUT2D eigenvalue weighted by molar-refractivity contribution is 5.96. The molecule has 2 N–H and O–H groups in total. The summed E-state index contributed by atoms with van der Waals surface area (Å²) in [7, 11) is 0. The Bertz CT molecular complexity index is 615. The van der Waals surface area contributed by atoms with Gasteiger partial charge in [0.2, 0.25) is 0 Å². The molecule has 4 heteroatoms. The fourth-order valence-corrected chi connectivity index (χ4v) is 5.15. The van der Waals surface area contributed by atoms with Gasteiger partial charge in [0, 0.05) is 5.71 Å². The van der Waals surface area contributed by atoms with Gasteiger partial charge in [0.1, 0.15) is 0 Å². The average molecular weight is 360 g/mol. The highest BCUT2D eigenvalue weighted by Crippen LogP contribution is 2.40. The van der Waals surface area contributed by atoms with Crippen LogP contribution in [0.1, 0.15) is 59.3 Å². The van der Waals surface area contributed by atoms with E-state index in [0.717, 1.165) is 12.1 Å². The van der Waals surface area contributed by atoms with E-state index in [1.54, 1.807) is 0 Å². The van der Waals surface area contributed by atoms with Crippen LogP contribution in [0.4, 0.5) is 0 Å². The molecule has 0 aromatic carbocycles. The van der Waals surface area contributed by atoms with Crippen LogP contribution < -0.4 is 0 Å². The Morgan fingerprint density at radius 2 is 1.88 bits per heavy atom. The number of aliphatic hydroxyl groups excluding tert-OH is 1. The lowest BCUT2D eigenvalue weighted by molar-refractivity contribution is -0.142. The molecule has 3 aliphatic rings. The third-order valence-corrected chi connectivity index (χ3v) is 7.06. The maximum absolute atomic E-state index is 11.5. The molecule has 3 rings (SSSR count). The molecule has 6 atom stereocenters. The Morgan fingerprint density at radius 1 is 1.19 bits per heavy atom. The third-order valence-electron chi connectivity index (χ3n) is 7.06. The van der Waals surface area contributed by atoms with Gasteiger partial charge < -0.3 is 10.2 Å². The zero-order valence-electron chi connectivity index (χ0n) is 16.3. The van der Waals surface area contributed by atoms with Gasteiger partial charge >= 0.3 is 5.97 Å². The van der Waals surface area contributed by atoms with Crippen molar-refractivity contribution in [1.82, 2.24) is 0 Å². The van der Waals surface area contributed by atoms with E-state index >= 15 is 0 Å². The number of aliphatic hydroxyl groups is 1. The van der Waals surface area contributed by atoms with Crippen molar-refractivity contribution in [2.45, 2.75) is 71.4 Å². The molecule has 1 aliphatic heterocycles. The van der Waals surface area contributed by atoms with Crippen molar-refractivity contribution in [2.75, 3.05) is 0 Å². The summed E-state index contributed by atoms with van der Waals surface area (Å²) < 4.78 is 0. The van der Waals surface area contributed by atoms with E-state index in [4.69, 9.17) is 4.99 Å². The number of aliphatic imine (C=N–C) groups is 1. The van der Waals surface area contributed by atoms with Crippen molar-refractivity contribution in [3.8, 4) is 0 Å². The van der Waals surface area contributed by atoms with Crippen LogP contribution in [0.15, 0.2) is 28.8 Å². The molecule has 1 fully saturated rings. The third kappa shape index (κ3) is 3.95.